The van der Waals surface area contributed by atoms with Crippen LogP contribution < -0.4 is 5.73 Å². The predicted molar refractivity (Wildman–Crippen MR) is 149 cm³/mol. The average molecular weight is 494 g/mol. The Hall–Kier alpha value is -2.16. The minimum atomic E-state index is -0.582. The molecule has 0 saturated carbocycles. The van der Waals surface area contributed by atoms with Crippen molar-refractivity contribution in [1.29, 1.82) is 0 Å². The molecule has 0 aliphatic carbocycles. The molecule has 0 unspecified atom stereocenters. The van der Waals surface area contributed by atoms with Gasteiger partial charge in [0, 0.05) is 6.42 Å². The van der Waals surface area contributed by atoms with E-state index in [-0.39, 0.29) is 6.61 Å². The zero-order valence-electron chi connectivity index (χ0n) is 22.2. The molecule has 0 radical (unpaired) electrons. The van der Waals surface area contributed by atoms with Crippen LogP contribution >= 0.6 is 0 Å². The summed E-state index contributed by atoms with van der Waals surface area (Å²) in [5, 5.41) is 9.80. The molecular formula is C32H47NO3. The number of aliphatic hydroxyl groups excluding tert-OH is 1. The Morgan fingerprint density at radius 3 is 1.75 bits per heavy atom. The summed E-state index contributed by atoms with van der Waals surface area (Å²) in [4.78, 5) is 0. The highest BCUT2D eigenvalue weighted by Gasteiger charge is 2.28. The largest absolute Gasteiger partial charge is 0.395 e. The number of aliphatic hydroxyl groups is 1. The van der Waals surface area contributed by atoms with E-state index in [1.165, 1.54) is 57.8 Å². The van der Waals surface area contributed by atoms with Gasteiger partial charge in [-0.2, -0.15) is 0 Å². The molecule has 0 bridgehead atoms. The van der Waals surface area contributed by atoms with Crippen molar-refractivity contribution < 1.29 is 14.6 Å². The summed E-state index contributed by atoms with van der Waals surface area (Å²) in [6, 6.07) is 19.4. The third-order valence-corrected chi connectivity index (χ3v) is 6.39. The quantitative estimate of drug-likeness (QED) is 0.167. The molecule has 0 fully saturated rings. The van der Waals surface area contributed by atoms with Crippen LogP contribution in [0.25, 0.3) is 0 Å². The number of benzene rings is 2. The van der Waals surface area contributed by atoms with E-state index < -0.39 is 18.2 Å². The summed E-state index contributed by atoms with van der Waals surface area (Å²) in [5.41, 5.74) is 8.38. The van der Waals surface area contributed by atoms with Crippen molar-refractivity contribution >= 4 is 0 Å². The lowest BCUT2D eigenvalue weighted by Crippen LogP contribution is -2.47. The molecule has 2 rings (SSSR count). The lowest BCUT2D eigenvalue weighted by atomic mass is 10.0. The number of unbranched alkanes of at least 4 members (excludes halogenated alkanes) is 10. The van der Waals surface area contributed by atoms with Gasteiger partial charge in [-0.3, -0.25) is 0 Å². The fourth-order valence-electron chi connectivity index (χ4n) is 4.16. The first-order valence-electron chi connectivity index (χ1n) is 13.9. The summed E-state index contributed by atoms with van der Waals surface area (Å²) < 4.78 is 12.4. The van der Waals surface area contributed by atoms with Crippen LogP contribution in [0.15, 0.2) is 60.7 Å². The Balaban J connectivity index is 1.87. The van der Waals surface area contributed by atoms with Crippen molar-refractivity contribution in [2.24, 2.45) is 5.73 Å². The summed E-state index contributed by atoms with van der Waals surface area (Å²) in [6.07, 6.45) is 12.9. The van der Waals surface area contributed by atoms with Crippen molar-refractivity contribution in [1.82, 2.24) is 0 Å². The van der Waals surface area contributed by atoms with E-state index in [9.17, 15) is 5.11 Å². The van der Waals surface area contributed by atoms with E-state index >= 15 is 0 Å². The fourth-order valence-corrected chi connectivity index (χ4v) is 4.16. The van der Waals surface area contributed by atoms with Crippen LogP contribution in [0.2, 0.25) is 0 Å². The van der Waals surface area contributed by atoms with Gasteiger partial charge >= 0.3 is 0 Å². The molecule has 2 aromatic carbocycles. The maximum atomic E-state index is 9.80. The Kier molecular flexibility index (Phi) is 16.7. The third-order valence-electron chi connectivity index (χ3n) is 6.39. The number of hydrogen-bond donors (Lipinski definition) is 2. The first-order valence-corrected chi connectivity index (χ1v) is 13.9. The number of ether oxygens (including phenoxy) is 2. The van der Waals surface area contributed by atoms with E-state index in [0.717, 1.165) is 24.0 Å². The van der Waals surface area contributed by atoms with Gasteiger partial charge in [-0.25, -0.2) is 0 Å². The van der Waals surface area contributed by atoms with Gasteiger partial charge < -0.3 is 20.3 Å². The van der Waals surface area contributed by atoms with Gasteiger partial charge in [0.05, 0.1) is 25.9 Å². The fraction of sp³-hybridized carbons (Fsp3) is 0.562. The first kappa shape index (κ1) is 30.1. The Labute approximate surface area is 219 Å². The molecule has 0 aliphatic heterocycles. The van der Waals surface area contributed by atoms with Crippen LogP contribution in [-0.2, 0) is 22.7 Å². The second kappa shape index (κ2) is 20.0. The number of nitrogens with two attached hydrogens (primary N) is 1. The van der Waals surface area contributed by atoms with Crippen molar-refractivity contribution in [3.8, 4) is 11.8 Å². The zero-order valence-corrected chi connectivity index (χ0v) is 22.2. The van der Waals surface area contributed by atoms with E-state index in [2.05, 4.69) is 18.8 Å². The maximum absolute atomic E-state index is 9.80. The molecule has 4 heteroatoms. The highest BCUT2D eigenvalue weighted by molar-refractivity contribution is 5.16. The number of rotatable bonds is 19. The van der Waals surface area contributed by atoms with Crippen LogP contribution in [-0.4, -0.2) is 30.0 Å². The highest BCUT2D eigenvalue weighted by atomic mass is 16.5. The van der Waals surface area contributed by atoms with E-state index in [1.807, 2.05) is 60.7 Å². The molecule has 0 aromatic heterocycles. The van der Waals surface area contributed by atoms with Gasteiger partial charge in [0.1, 0.15) is 12.2 Å². The molecule has 198 valence electrons. The second-order valence-corrected chi connectivity index (χ2v) is 9.58. The molecule has 3 N–H and O–H groups in total. The van der Waals surface area contributed by atoms with E-state index in [0.29, 0.717) is 13.2 Å². The summed E-state index contributed by atoms with van der Waals surface area (Å²) in [6.45, 7) is 2.89. The molecule has 2 aromatic rings. The summed E-state index contributed by atoms with van der Waals surface area (Å²) in [7, 11) is 0. The number of hydrogen-bond acceptors (Lipinski definition) is 4. The normalized spacial score (nSPS) is 13.5. The van der Waals surface area contributed by atoms with Crippen LogP contribution in [0.5, 0.6) is 0 Å². The monoisotopic (exact) mass is 493 g/mol. The molecule has 0 saturated heterocycles. The van der Waals surface area contributed by atoms with Gasteiger partial charge in [-0.1, -0.05) is 131 Å². The Bertz CT molecular complexity index is 831. The van der Waals surface area contributed by atoms with Crippen molar-refractivity contribution in [2.45, 2.75) is 109 Å². The average Bonchev–Trinajstić information content (AvgIpc) is 2.92. The molecule has 36 heavy (non-hydrogen) atoms. The van der Waals surface area contributed by atoms with Gasteiger partial charge in [-0.15, -0.1) is 5.92 Å². The summed E-state index contributed by atoms with van der Waals surface area (Å²) in [5.74, 6) is 6.60. The minimum absolute atomic E-state index is 0.190. The third kappa shape index (κ3) is 13.2. The predicted octanol–water partition coefficient (Wildman–Crippen LogP) is 6.79. The maximum Gasteiger partial charge on any atom is 0.146 e. The lowest BCUT2D eigenvalue weighted by molar-refractivity contribution is -0.0771. The second-order valence-electron chi connectivity index (χ2n) is 9.58. The van der Waals surface area contributed by atoms with Gasteiger partial charge in [0.2, 0.25) is 0 Å². The highest BCUT2D eigenvalue weighted by Crippen LogP contribution is 2.15. The SMILES string of the molecule is CCCCCCCCCCCCC#C[C@H](OCc1ccccc1)[C@@H](OCc1ccccc1)[C@@H](N)CO. The van der Waals surface area contributed by atoms with Gasteiger partial charge in [0.25, 0.3) is 0 Å². The van der Waals surface area contributed by atoms with Crippen molar-refractivity contribution in [2.75, 3.05) is 6.61 Å². The summed E-state index contributed by atoms with van der Waals surface area (Å²) >= 11 is 0. The van der Waals surface area contributed by atoms with E-state index in [1.54, 1.807) is 0 Å². The molecule has 3 atom stereocenters. The van der Waals surface area contributed by atoms with Crippen molar-refractivity contribution in [3.05, 3.63) is 71.8 Å². The molecule has 0 aliphatic rings. The van der Waals surface area contributed by atoms with Gasteiger partial charge in [-0.05, 0) is 17.5 Å². The standard InChI is InChI=1S/C32H47NO3/c1-2-3-4-5-6-7-8-9-10-11-12-19-24-31(35-26-28-20-15-13-16-21-28)32(30(33)25-34)36-27-29-22-17-14-18-23-29/h13-18,20-23,30-32,34H,2-12,25-27,33H2,1H3/t30-,31-,32-/m0/s1. The van der Waals surface area contributed by atoms with Crippen LogP contribution in [0, 0.1) is 11.8 Å². The topological polar surface area (TPSA) is 64.7 Å². The van der Waals surface area contributed by atoms with E-state index in [4.69, 9.17) is 15.2 Å². The van der Waals surface area contributed by atoms with Crippen LogP contribution in [0.1, 0.15) is 88.7 Å². The van der Waals surface area contributed by atoms with Crippen molar-refractivity contribution in [3.63, 3.8) is 0 Å². The molecule has 0 spiro atoms. The Morgan fingerprint density at radius 2 is 1.22 bits per heavy atom. The van der Waals surface area contributed by atoms with Crippen LogP contribution in [0.3, 0.4) is 0 Å². The molecular weight excluding hydrogens is 446 g/mol. The van der Waals surface area contributed by atoms with Gasteiger partial charge in [0.15, 0.2) is 0 Å². The van der Waals surface area contributed by atoms with Crippen LogP contribution in [0.4, 0.5) is 0 Å². The minimum Gasteiger partial charge on any atom is -0.395 e. The Morgan fingerprint density at radius 1 is 0.722 bits per heavy atom. The molecule has 4 nitrogen and oxygen atoms in total. The first-order chi connectivity index (χ1) is 17.7. The lowest BCUT2D eigenvalue weighted by Gasteiger charge is -2.28. The zero-order chi connectivity index (χ0) is 25.7. The molecule has 0 heterocycles. The smallest absolute Gasteiger partial charge is 0.146 e. The molecule has 0 amide bonds.